The third kappa shape index (κ3) is 5.76. The number of benzene rings is 2. The largest absolute Gasteiger partial charge is 0.361 e. The van der Waals surface area contributed by atoms with E-state index in [1.807, 2.05) is 18.2 Å². The zero-order valence-electron chi connectivity index (χ0n) is 15.2. The molecule has 138 valence electrons. The highest BCUT2D eigenvalue weighted by molar-refractivity contribution is 14.0. The van der Waals surface area contributed by atoms with Crippen LogP contribution in [0.5, 0.6) is 0 Å². The van der Waals surface area contributed by atoms with Crippen molar-refractivity contribution in [3.05, 3.63) is 71.9 Å². The molecule has 0 spiro atoms. The fraction of sp³-hybridized carbons (Fsp3) is 0.286. The summed E-state index contributed by atoms with van der Waals surface area (Å²) in [6.07, 6.45) is 4.24. The molecule has 1 aromatic heterocycles. The summed E-state index contributed by atoms with van der Waals surface area (Å²) in [5.41, 5.74) is 3.81. The van der Waals surface area contributed by atoms with Crippen LogP contribution in [0.3, 0.4) is 0 Å². The average molecular weight is 462 g/mol. The van der Waals surface area contributed by atoms with E-state index in [0.717, 1.165) is 31.9 Å². The zero-order chi connectivity index (χ0) is 17.3. The van der Waals surface area contributed by atoms with Crippen LogP contribution in [0.25, 0.3) is 10.9 Å². The second-order valence-electron chi connectivity index (χ2n) is 6.07. The smallest absolute Gasteiger partial charge is 0.191 e. The molecule has 0 saturated heterocycles. The van der Waals surface area contributed by atoms with E-state index < -0.39 is 0 Å². The van der Waals surface area contributed by atoms with Crippen molar-refractivity contribution in [1.82, 2.24) is 15.6 Å². The first kappa shape index (κ1) is 20.3. The maximum Gasteiger partial charge on any atom is 0.191 e. The fourth-order valence-corrected chi connectivity index (χ4v) is 2.92. The quantitative estimate of drug-likeness (QED) is 0.210. The SMILES string of the molecule is CCNC(=NCc1ccccc1)NCCCc1c[nH]c2ccccc12.I. The number of aryl methyl sites for hydroxylation is 1. The number of rotatable bonds is 7. The number of nitrogens with zero attached hydrogens (tertiary/aromatic N) is 1. The summed E-state index contributed by atoms with van der Waals surface area (Å²) in [5.74, 6) is 0.880. The summed E-state index contributed by atoms with van der Waals surface area (Å²) in [5, 5.41) is 8.07. The van der Waals surface area contributed by atoms with Gasteiger partial charge in [-0.25, -0.2) is 4.99 Å². The van der Waals surface area contributed by atoms with Gasteiger partial charge >= 0.3 is 0 Å². The van der Waals surface area contributed by atoms with Crippen LogP contribution in [0.4, 0.5) is 0 Å². The molecule has 0 saturated carbocycles. The van der Waals surface area contributed by atoms with Crippen molar-refractivity contribution < 1.29 is 0 Å². The van der Waals surface area contributed by atoms with Gasteiger partial charge in [-0.15, -0.1) is 24.0 Å². The Morgan fingerprint density at radius 3 is 2.58 bits per heavy atom. The molecule has 4 nitrogen and oxygen atoms in total. The molecule has 0 atom stereocenters. The van der Waals surface area contributed by atoms with E-state index in [9.17, 15) is 0 Å². The van der Waals surface area contributed by atoms with Gasteiger partial charge in [0, 0.05) is 30.2 Å². The van der Waals surface area contributed by atoms with E-state index in [2.05, 4.69) is 70.1 Å². The van der Waals surface area contributed by atoms with Crippen molar-refractivity contribution >= 4 is 40.8 Å². The Balaban J connectivity index is 0.00000243. The molecule has 0 radical (unpaired) electrons. The van der Waals surface area contributed by atoms with Gasteiger partial charge in [-0.2, -0.15) is 0 Å². The van der Waals surface area contributed by atoms with Crippen LogP contribution >= 0.6 is 24.0 Å². The number of H-pyrrole nitrogens is 1. The van der Waals surface area contributed by atoms with E-state index in [-0.39, 0.29) is 24.0 Å². The monoisotopic (exact) mass is 462 g/mol. The van der Waals surface area contributed by atoms with Gasteiger partial charge in [0.2, 0.25) is 0 Å². The number of nitrogens with one attached hydrogen (secondary N) is 3. The lowest BCUT2D eigenvalue weighted by atomic mass is 10.1. The van der Waals surface area contributed by atoms with E-state index in [0.29, 0.717) is 6.54 Å². The Morgan fingerprint density at radius 2 is 1.77 bits per heavy atom. The van der Waals surface area contributed by atoms with E-state index in [1.54, 1.807) is 0 Å². The summed E-state index contributed by atoms with van der Waals surface area (Å²) >= 11 is 0. The summed E-state index contributed by atoms with van der Waals surface area (Å²) in [6.45, 7) is 4.55. The molecule has 0 amide bonds. The molecule has 0 aliphatic rings. The molecular weight excluding hydrogens is 435 g/mol. The zero-order valence-corrected chi connectivity index (χ0v) is 17.5. The van der Waals surface area contributed by atoms with Crippen molar-refractivity contribution in [3.8, 4) is 0 Å². The highest BCUT2D eigenvalue weighted by Gasteiger charge is 2.03. The van der Waals surface area contributed by atoms with Crippen LogP contribution < -0.4 is 10.6 Å². The molecule has 3 aromatic rings. The first-order chi connectivity index (χ1) is 12.4. The third-order valence-electron chi connectivity index (χ3n) is 4.20. The van der Waals surface area contributed by atoms with Crippen LogP contribution in [0.2, 0.25) is 0 Å². The summed E-state index contributed by atoms with van der Waals surface area (Å²) < 4.78 is 0. The molecule has 3 N–H and O–H groups in total. The van der Waals surface area contributed by atoms with Crippen LogP contribution in [0.1, 0.15) is 24.5 Å². The predicted molar refractivity (Wildman–Crippen MR) is 121 cm³/mol. The van der Waals surface area contributed by atoms with Crippen molar-refractivity contribution in [1.29, 1.82) is 0 Å². The predicted octanol–water partition coefficient (Wildman–Crippen LogP) is 4.47. The molecular formula is C21H27IN4. The second-order valence-corrected chi connectivity index (χ2v) is 6.07. The fourth-order valence-electron chi connectivity index (χ4n) is 2.92. The van der Waals surface area contributed by atoms with Crippen molar-refractivity contribution in [2.45, 2.75) is 26.3 Å². The molecule has 0 aliphatic heterocycles. The third-order valence-corrected chi connectivity index (χ3v) is 4.20. The molecule has 0 fully saturated rings. The summed E-state index contributed by atoms with van der Waals surface area (Å²) in [4.78, 5) is 8.00. The van der Waals surface area contributed by atoms with Gasteiger partial charge in [0.15, 0.2) is 5.96 Å². The molecule has 0 bridgehead atoms. The lowest BCUT2D eigenvalue weighted by molar-refractivity contribution is 0.745. The molecule has 2 aromatic carbocycles. The Kier molecular flexibility index (Phi) is 8.47. The highest BCUT2D eigenvalue weighted by Crippen LogP contribution is 2.18. The van der Waals surface area contributed by atoms with Gasteiger partial charge in [-0.3, -0.25) is 0 Å². The standard InChI is InChI=1S/C21H26N4.HI/c1-2-22-21(25-15-17-9-4-3-5-10-17)23-14-8-11-18-16-24-20-13-7-6-12-19(18)20;/h3-7,9-10,12-13,16,24H,2,8,11,14-15H2,1H3,(H2,22,23,25);1H. The number of hydrogen-bond acceptors (Lipinski definition) is 1. The highest BCUT2D eigenvalue weighted by atomic mass is 127. The first-order valence-electron chi connectivity index (χ1n) is 8.98. The Hall–Kier alpha value is -2.02. The van der Waals surface area contributed by atoms with Crippen molar-refractivity contribution in [3.63, 3.8) is 0 Å². The number of guanidine groups is 1. The number of aromatic amines is 1. The maximum atomic E-state index is 4.66. The minimum absolute atomic E-state index is 0. The molecule has 3 rings (SSSR count). The van der Waals surface area contributed by atoms with Gasteiger partial charge in [0.25, 0.3) is 0 Å². The number of halogens is 1. The Morgan fingerprint density at radius 1 is 1.00 bits per heavy atom. The second kappa shape index (κ2) is 10.9. The van der Waals surface area contributed by atoms with Crippen molar-refractivity contribution in [2.24, 2.45) is 4.99 Å². The van der Waals surface area contributed by atoms with Gasteiger partial charge in [-0.1, -0.05) is 48.5 Å². The minimum Gasteiger partial charge on any atom is -0.361 e. The number of fused-ring (bicyclic) bond motifs is 1. The van der Waals surface area contributed by atoms with Gasteiger partial charge < -0.3 is 15.6 Å². The minimum atomic E-state index is 0. The Labute approximate surface area is 172 Å². The van der Waals surface area contributed by atoms with E-state index >= 15 is 0 Å². The molecule has 26 heavy (non-hydrogen) atoms. The van der Waals surface area contributed by atoms with E-state index in [4.69, 9.17) is 0 Å². The number of aromatic nitrogens is 1. The first-order valence-corrected chi connectivity index (χ1v) is 8.98. The average Bonchev–Trinajstić information content (AvgIpc) is 3.07. The van der Waals surface area contributed by atoms with Gasteiger partial charge in [-0.05, 0) is 37.0 Å². The van der Waals surface area contributed by atoms with Gasteiger partial charge in [0.05, 0.1) is 6.54 Å². The van der Waals surface area contributed by atoms with Crippen LogP contribution in [0.15, 0.2) is 65.8 Å². The molecule has 0 aliphatic carbocycles. The number of para-hydroxylation sites is 1. The van der Waals surface area contributed by atoms with Crippen LogP contribution in [0, 0.1) is 0 Å². The maximum absolute atomic E-state index is 4.66. The molecule has 1 heterocycles. The lowest BCUT2D eigenvalue weighted by Crippen LogP contribution is -2.37. The van der Waals surface area contributed by atoms with Gasteiger partial charge in [0.1, 0.15) is 0 Å². The van der Waals surface area contributed by atoms with Crippen LogP contribution in [-0.2, 0) is 13.0 Å². The topological polar surface area (TPSA) is 52.2 Å². The lowest BCUT2D eigenvalue weighted by Gasteiger charge is -2.11. The number of hydrogen-bond donors (Lipinski definition) is 3. The molecule has 5 heteroatoms. The van der Waals surface area contributed by atoms with Crippen LogP contribution in [-0.4, -0.2) is 24.0 Å². The molecule has 0 unspecified atom stereocenters. The Bertz CT molecular complexity index is 811. The number of aliphatic imine (C=N–C) groups is 1. The normalized spacial score (nSPS) is 11.2. The summed E-state index contributed by atoms with van der Waals surface area (Å²) in [7, 11) is 0. The summed E-state index contributed by atoms with van der Waals surface area (Å²) in [6, 6.07) is 18.8. The van der Waals surface area contributed by atoms with E-state index in [1.165, 1.54) is 22.0 Å². The van der Waals surface area contributed by atoms with Crippen molar-refractivity contribution in [2.75, 3.05) is 13.1 Å².